The number of methoxy groups -OCH3 is 1. The van der Waals surface area contributed by atoms with Crippen LogP contribution in [-0.4, -0.2) is 43.2 Å². The SMILES string of the molecule is COc1ccc(-c2nn3c(NC4CCCC4)ccc(Cl)c3c2-c2ccnc(S(C)=O)n2)cc1. The van der Waals surface area contributed by atoms with Gasteiger partial charge in [0.25, 0.3) is 0 Å². The van der Waals surface area contributed by atoms with E-state index in [0.29, 0.717) is 16.8 Å². The Morgan fingerprint density at radius 1 is 1.12 bits per heavy atom. The third-order valence-electron chi connectivity index (χ3n) is 5.94. The summed E-state index contributed by atoms with van der Waals surface area (Å²) >= 11 is 6.74. The minimum atomic E-state index is -1.31. The number of rotatable bonds is 6. The molecule has 0 aliphatic heterocycles. The molecule has 1 N–H and O–H groups in total. The van der Waals surface area contributed by atoms with Crippen molar-refractivity contribution in [3.05, 3.63) is 53.7 Å². The van der Waals surface area contributed by atoms with Crippen molar-refractivity contribution in [2.75, 3.05) is 18.7 Å². The van der Waals surface area contributed by atoms with Gasteiger partial charge in [0.1, 0.15) is 17.3 Å². The van der Waals surface area contributed by atoms with E-state index in [1.54, 1.807) is 25.6 Å². The first-order valence-corrected chi connectivity index (χ1v) is 12.8. The summed E-state index contributed by atoms with van der Waals surface area (Å²) in [6.45, 7) is 0. The first-order chi connectivity index (χ1) is 16.0. The van der Waals surface area contributed by atoms with Gasteiger partial charge in [-0.25, -0.2) is 14.5 Å². The average Bonchev–Trinajstić information content (AvgIpc) is 3.49. The summed E-state index contributed by atoms with van der Waals surface area (Å²) in [6.07, 6.45) is 7.93. The Bertz CT molecular complexity index is 1330. The van der Waals surface area contributed by atoms with Crippen LogP contribution in [0.5, 0.6) is 5.75 Å². The summed E-state index contributed by atoms with van der Waals surface area (Å²) in [7, 11) is 0.324. The van der Waals surface area contributed by atoms with Crippen LogP contribution < -0.4 is 10.1 Å². The van der Waals surface area contributed by atoms with Crippen LogP contribution in [-0.2, 0) is 10.8 Å². The molecule has 1 fully saturated rings. The Kier molecular flexibility index (Phi) is 6.03. The fraction of sp³-hybridized carbons (Fsp3) is 0.292. The minimum Gasteiger partial charge on any atom is -0.497 e. The molecular weight excluding hydrogens is 458 g/mol. The molecule has 7 nitrogen and oxygen atoms in total. The fourth-order valence-corrected chi connectivity index (χ4v) is 4.99. The fourth-order valence-electron chi connectivity index (χ4n) is 4.32. The van der Waals surface area contributed by atoms with E-state index in [1.165, 1.54) is 12.8 Å². The van der Waals surface area contributed by atoms with Crippen molar-refractivity contribution in [2.24, 2.45) is 0 Å². The molecule has 1 aliphatic rings. The highest BCUT2D eigenvalue weighted by Crippen LogP contribution is 2.39. The predicted octanol–water partition coefficient (Wildman–Crippen LogP) is 5.21. The number of benzene rings is 1. The van der Waals surface area contributed by atoms with Crippen molar-refractivity contribution in [1.29, 1.82) is 0 Å². The van der Waals surface area contributed by atoms with Gasteiger partial charge in [0, 0.05) is 24.1 Å². The lowest BCUT2D eigenvalue weighted by Crippen LogP contribution is -2.17. The highest BCUT2D eigenvalue weighted by Gasteiger charge is 2.24. The Balaban J connectivity index is 1.76. The van der Waals surface area contributed by atoms with Gasteiger partial charge < -0.3 is 10.1 Å². The quantitative estimate of drug-likeness (QED) is 0.380. The molecule has 170 valence electrons. The zero-order valence-electron chi connectivity index (χ0n) is 18.4. The summed E-state index contributed by atoms with van der Waals surface area (Å²) in [6, 6.07) is 13.8. The smallest absolute Gasteiger partial charge is 0.218 e. The van der Waals surface area contributed by atoms with Crippen molar-refractivity contribution < 1.29 is 8.95 Å². The number of aromatic nitrogens is 4. The molecule has 1 atom stereocenters. The van der Waals surface area contributed by atoms with Crippen molar-refractivity contribution in [2.45, 2.75) is 36.9 Å². The van der Waals surface area contributed by atoms with Crippen molar-refractivity contribution in [3.63, 3.8) is 0 Å². The van der Waals surface area contributed by atoms with Gasteiger partial charge in [-0.05, 0) is 55.3 Å². The van der Waals surface area contributed by atoms with Crippen molar-refractivity contribution in [1.82, 2.24) is 19.6 Å². The number of ether oxygens (including phenoxy) is 1. The molecule has 0 radical (unpaired) electrons. The van der Waals surface area contributed by atoms with Crippen LogP contribution in [0.4, 0.5) is 5.82 Å². The molecule has 9 heteroatoms. The van der Waals surface area contributed by atoms with E-state index in [1.807, 2.05) is 40.9 Å². The molecule has 0 spiro atoms. The maximum Gasteiger partial charge on any atom is 0.218 e. The molecule has 1 aliphatic carbocycles. The second-order valence-electron chi connectivity index (χ2n) is 8.08. The standard InChI is InChI=1S/C24H24ClN5O2S/c1-32-17-9-7-15(8-10-17)22-21(19-13-14-26-24(28-19)33(2)31)23-18(25)11-12-20(30(23)29-22)27-16-5-3-4-6-16/h7-14,16,27H,3-6H2,1-2H3. The van der Waals surface area contributed by atoms with Gasteiger partial charge in [0.15, 0.2) is 0 Å². The number of fused-ring (bicyclic) bond motifs is 1. The van der Waals surface area contributed by atoms with E-state index >= 15 is 0 Å². The summed E-state index contributed by atoms with van der Waals surface area (Å²) < 4.78 is 19.3. The van der Waals surface area contributed by atoms with E-state index in [2.05, 4.69) is 15.3 Å². The first kappa shape index (κ1) is 21.9. The van der Waals surface area contributed by atoms with E-state index in [-0.39, 0.29) is 5.16 Å². The number of pyridine rings is 1. The molecule has 0 bridgehead atoms. The second-order valence-corrected chi connectivity index (χ2v) is 9.76. The number of anilines is 1. The lowest BCUT2D eigenvalue weighted by atomic mass is 10.0. The highest BCUT2D eigenvalue weighted by molar-refractivity contribution is 7.84. The summed E-state index contributed by atoms with van der Waals surface area (Å²) in [5.74, 6) is 1.65. The Hall–Kier alpha value is -2.97. The van der Waals surface area contributed by atoms with Crippen LogP contribution in [0.2, 0.25) is 5.02 Å². The van der Waals surface area contributed by atoms with Gasteiger partial charge in [-0.3, -0.25) is 4.21 Å². The predicted molar refractivity (Wildman–Crippen MR) is 131 cm³/mol. The molecule has 5 rings (SSSR count). The van der Waals surface area contributed by atoms with E-state index < -0.39 is 10.8 Å². The molecule has 1 aromatic carbocycles. The molecule has 1 saturated carbocycles. The summed E-state index contributed by atoms with van der Waals surface area (Å²) in [4.78, 5) is 8.75. The van der Waals surface area contributed by atoms with Crippen LogP contribution in [0.25, 0.3) is 28.0 Å². The third kappa shape index (κ3) is 4.20. The topological polar surface area (TPSA) is 81.4 Å². The number of nitrogens with one attached hydrogen (secondary N) is 1. The summed E-state index contributed by atoms with van der Waals surface area (Å²) in [5.41, 5.74) is 3.77. The molecular formula is C24H24ClN5O2S. The highest BCUT2D eigenvalue weighted by atomic mass is 35.5. The van der Waals surface area contributed by atoms with Gasteiger partial charge in [-0.15, -0.1) is 0 Å². The van der Waals surface area contributed by atoms with Gasteiger partial charge in [0.2, 0.25) is 5.16 Å². The zero-order valence-corrected chi connectivity index (χ0v) is 20.0. The van der Waals surface area contributed by atoms with Gasteiger partial charge in [0.05, 0.1) is 39.7 Å². The molecule has 33 heavy (non-hydrogen) atoms. The normalized spacial score (nSPS) is 15.1. The Morgan fingerprint density at radius 3 is 2.58 bits per heavy atom. The Labute approximate surface area is 199 Å². The molecule has 3 heterocycles. The number of hydrogen-bond donors (Lipinski definition) is 1. The number of hydrogen-bond acceptors (Lipinski definition) is 6. The minimum absolute atomic E-state index is 0.267. The van der Waals surface area contributed by atoms with Crippen LogP contribution in [0.15, 0.2) is 53.8 Å². The van der Waals surface area contributed by atoms with Crippen molar-refractivity contribution >= 4 is 33.7 Å². The number of nitrogens with zero attached hydrogens (tertiary/aromatic N) is 4. The van der Waals surface area contributed by atoms with Crippen LogP contribution in [0, 0.1) is 0 Å². The lowest BCUT2D eigenvalue weighted by Gasteiger charge is -2.15. The van der Waals surface area contributed by atoms with E-state index in [4.69, 9.17) is 21.4 Å². The lowest BCUT2D eigenvalue weighted by molar-refractivity contribution is 0.415. The van der Waals surface area contributed by atoms with Gasteiger partial charge in [-0.2, -0.15) is 5.10 Å². The number of halogens is 1. The molecule has 1 unspecified atom stereocenters. The molecule has 0 saturated heterocycles. The third-order valence-corrected chi connectivity index (χ3v) is 6.96. The van der Waals surface area contributed by atoms with Crippen molar-refractivity contribution in [3.8, 4) is 28.3 Å². The zero-order chi connectivity index (χ0) is 22.9. The van der Waals surface area contributed by atoms with Crippen LogP contribution >= 0.6 is 11.6 Å². The average molecular weight is 482 g/mol. The monoisotopic (exact) mass is 481 g/mol. The summed E-state index contributed by atoms with van der Waals surface area (Å²) in [5, 5.41) is 9.46. The first-order valence-electron chi connectivity index (χ1n) is 10.8. The molecule has 3 aromatic heterocycles. The maximum absolute atomic E-state index is 12.1. The largest absolute Gasteiger partial charge is 0.497 e. The Morgan fingerprint density at radius 2 is 1.88 bits per heavy atom. The maximum atomic E-state index is 12.1. The van der Waals surface area contributed by atoms with Gasteiger partial charge in [-0.1, -0.05) is 24.4 Å². The van der Waals surface area contributed by atoms with E-state index in [9.17, 15) is 4.21 Å². The van der Waals surface area contributed by atoms with Gasteiger partial charge >= 0.3 is 0 Å². The van der Waals surface area contributed by atoms with Crippen LogP contribution in [0.1, 0.15) is 25.7 Å². The van der Waals surface area contributed by atoms with Crippen LogP contribution in [0.3, 0.4) is 0 Å². The van der Waals surface area contributed by atoms with E-state index in [0.717, 1.165) is 46.7 Å². The second kappa shape index (κ2) is 9.11. The molecule has 4 aromatic rings. The molecule has 0 amide bonds.